The van der Waals surface area contributed by atoms with E-state index in [1.54, 1.807) is 7.11 Å². The maximum absolute atomic E-state index is 5.60. The van der Waals surface area contributed by atoms with Crippen LogP contribution in [-0.2, 0) is 30.9 Å². The fourth-order valence-electron chi connectivity index (χ4n) is 2.94. The molecule has 0 saturated heterocycles. The molecule has 150 valence electrons. The van der Waals surface area contributed by atoms with Crippen LogP contribution in [0.2, 0.25) is 0 Å². The summed E-state index contributed by atoms with van der Waals surface area (Å²) in [5.74, 6) is 3.97. The number of oxazole rings is 1. The Bertz CT molecular complexity index is 752. The van der Waals surface area contributed by atoms with Crippen LogP contribution in [0.4, 0.5) is 0 Å². The van der Waals surface area contributed by atoms with Crippen molar-refractivity contribution < 1.29 is 9.15 Å². The zero-order chi connectivity index (χ0) is 18.5. The minimum absolute atomic E-state index is 0. The van der Waals surface area contributed by atoms with Gasteiger partial charge in [0.05, 0.1) is 12.2 Å². The molecule has 0 saturated carbocycles. The number of ether oxygens (including phenoxy) is 1. The van der Waals surface area contributed by atoms with Gasteiger partial charge in [-0.15, -0.1) is 24.0 Å². The Balaban J connectivity index is 0.00000261. The first kappa shape index (κ1) is 21.6. The number of nitrogens with one attached hydrogen (secondary N) is 2. The van der Waals surface area contributed by atoms with Gasteiger partial charge in [0.2, 0.25) is 5.89 Å². The van der Waals surface area contributed by atoms with Gasteiger partial charge >= 0.3 is 0 Å². The molecule has 0 bridgehead atoms. The molecule has 0 spiro atoms. The molecular weight excluding hydrogens is 461 g/mol. The van der Waals surface area contributed by atoms with Gasteiger partial charge in [-0.2, -0.15) is 5.10 Å². The van der Waals surface area contributed by atoms with Crippen LogP contribution in [-0.4, -0.2) is 45.4 Å². The summed E-state index contributed by atoms with van der Waals surface area (Å²) in [6, 6.07) is 0.241. The van der Waals surface area contributed by atoms with E-state index < -0.39 is 0 Å². The van der Waals surface area contributed by atoms with Gasteiger partial charge < -0.3 is 19.8 Å². The number of halogens is 1. The van der Waals surface area contributed by atoms with Gasteiger partial charge in [-0.3, -0.25) is 0 Å². The number of fused-ring (bicyclic) bond motifs is 1. The summed E-state index contributed by atoms with van der Waals surface area (Å²) in [6.07, 6.45) is 1.86. The Labute approximate surface area is 176 Å². The molecule has 0 aromatic carbocycles. The Kier molecular flexibility index (Phi) is 8.02. The summed E-state index contributed by atoms with van der Waals surface area (Å²) < 4.78 is 12.7. The first-order valence-electron chi connectivity index (χ1n) is 8.98. The highest BCUT2D eigenvalue weighted by Crippen LogP contribution is 2.14. The van der Waals surface area contributed by atoms with Crippen molar-refractivity contribution in [1.82, 2.24) is 30.4 Å². The van der Waals surface area contributed by atoms with Gasteiger partial charge in [-0.1, -0.05) is 0 Å². The van der Waals surface area contributed by atoms with Crippen LogP contribution in [0.15, 0.2) is 9.41 Å². The van der Waals surface area contributed by atoms with Crippen LogP contribution in [0.3, 0.4) is 0 Å². The second kappa shape index (κ2) is 10.0. The van der Waals surface area contributed by atoms with Crippen LogP contribution in [0, 0.1) is 13.8 Å². The number of hydrogen-bond acceptors (Lipinski definition) is 6. The molecule has 0 amide bonds. The summed E-state index contributed by atoms with van der Waals surface area (Å²) in [7, 11) is 1.65. The zero-order valence-electron chi connectivity index (χ0n) is 16.3. The van der Waals surface area contributed by atoms with Crippen molar-refractivity contribution in [3.8, 4) is 0 Å². The Morgan fingerprint density at radius 3 is 2.85 bits per heavy atom. The number of nitrogens with zero attached hydrogens (tertiary/aromatic N) is 5. The largest absolute Gasteiger partial charge is 0.444 e. The SMILES string of the molecule is CCNC(=NCc1nc(C)c(C)o1)NC1CCc2nc(COC)nn2C1.I. The third-order valence-corrected chi connectivity index (χ3v) is 4.31. The summed E-state index contributed by atoms with van der Waals surface area (Å²) in [5.41, 5.74) is 0.908. The van der Waals surface area contributed by atoms with E-state index >= 15 is 0 Å². The van der Waals surface area contributed by atoms with E-state index in [9.17, 15) is 0 Å². The van der Waals surface area contributed by atoms with Crippen molar-refractivity contribution in [3.05, 3.63) is 29.0 Å². The number of guanidine groups is 1. The molecule has 0 radical (unpaired) electrons. The molecule has 1 unspecified atom stereocenters. The molecule has 1 aliphatic heterocycles. The van der Waals surface area contributed by atoms with Gasteiger partial charge in [0.1, 0.15) is 24.7 Å². The van der Waals surface area contributed by atoms with Crippen molar-refractivity contribution in [2.45, 2.75) is 59.4 Å². The normalized spacial score (nSPS) is 16.6. The lowest BCUT2D eigenvalue weighted by atomic mass is 10.1. The summed E-state index contributed by atoms with van der Waals surface area (Å²) >= 11 is 0. The third-order valence-electron chi connectivity index (χ3n) is 4.31. The lowest BCUT2D eigenvalue weighted by molar-refractivity contribution is 0.177. The minimum Gasteiger partial charge on any atom is -0.444 e. The third kappa shape index (κ3) is 5.64. The summed E-state index contributed by atoms with van der Waals surface area (Å²) in [6.45, 7) is 8.28. The molecule has 2 aromatic rings. The number of aliphatic imine (C=N–C) groups is 1. The lowest BCUT2D eigenvalue weighted by Gasteiger charge is -2.25. The average molecular weight is 489 g/mol. The highest BCUT2D eigenvalue weighted by atomic mass is 127. The number of aromatic nitrogens is 4. The van der Waals surface area contributed by atoms with E-state index in [0.717, 1.165) is 55.0 Å². The molecule has 10 heteroatoms. The van der Waals surface area contributed by atoms with E-state index in [-0.39, 0.29) is 30.0 Å². The molecule has 1 aliphatic rings. The molecule has 27 heavy (non-hydrogen) atoms. The van der Waals surface area contributed by atoms with Crippen LogP contribution in [0.1, 0.15) is 42.3 Å². The molecule has 0 fully saturated rings. The highest BCUT2D eigenvalue weighted by Gasteiger charge is 2.22. The van der Waals surface area contributed by atoms with Gasteiger partial charge in [0.25, 0.3) is 0 Å². The van der Waals surface area contributed by atoms with Crippen LogP contribution >= 0.6 is 24.0 Å². The molecule has 2 N–H and O–H groups in total. The number of rotatable bonds is 6. The number of aryl methyl sites for hydroxylation is 3. The quantitative estimate of drug-likeness (QED) is 0.362. The second-order valence-corrected chi connectivity index (χ2v) is 6.38. The van der Waals surface area contributed by atoms with Crippen LogP contribution in [0.25, 0.3) is 0 Å². The highest BCUT2D eigenvalue weighted by molar-refractivity contribution is 14.0. The Morgan fingerprint density at radius 2 is 2.19 bits per heavy atom. The van der Waals surface area contributed by atoms with Crippen LogP contribution in [0.5, 0.6) is 0 Å². The predicted octanol–water partition coefficient (Wildman–Crippen LogP) is 1.72. The smallest absolute Gasteiger partial charge is 0.216 e. The van der Waals surface area contributed by atoms with Crippen molar-refractivity contribution in [2.75, 3.05) is 13.7 Å². The maximum Gasteiger partial charge on any atom is 0.216 e. The lowest BCUT2D eigenvalue weighted by Crippen LogP contribution is -2.47. The number of methoxy groups -OCH3 is 1. The van der Waals surface area contributed by atoms with Gasteiger partial charge in [0.15, 0.2) is 11.8 Å². The van der Waals surface area contributed by atoms with Gasteiger partial charge in [0, 0.05) is 26.1 Å². The average Bonchev–Trinajstić information content (AvgIpc) is 3.15. The first-order chi connectivity index (χ1) is 12.6. The molecule has 2 aromatic heterocycles. The molecule has 9 nitrogen and oxygen atoms in total. The van der Waals surface area contributed by atoms with E-state index in [2.05, 4.69) is 30.7 Å². The van der Waals surface area contributed by atoms with Crippen LogP contribution < -0.4 is 10.6 Å². The standard InChI is InChI=1S/C17H27N7O2.HI/c1-5-18-17(19-8-16-20-11(2)12(3)26-16)21-13-6-7-15-22-14(10-25-4)23-24(15)9-13;/h13H,5-10H2,1-4H3,(H2,18,19,21);1H. The monoisotopic (exact) mass is 489 g/mol. The Hall–Kier alpha value is -1.69. The summed E-state index contributed by atoms with van der Waals surface area (Å²) in [4.78, 5) is 13.5. The first-order valence-corrected chi connectivity index (χ1v) is 8.98. The topological polar surface area (TPSA) is 102 Å². The molecule has 3 heterocycles. The van der Waals surface area contributed by atoms with Gasteiger partial charge in [-0.05, 0) is 27.2 Å². The number of hydrogen-bond donors (Lipinski definition) is 2. The van der Waals surface area contributed by atoms with Crippen molar-refractivity contribution in [1.29, 1.82) is 0 Å². The van der Waals surface area contributed by atoms with Crippen molar-refractivity contribution in [2.24, 2.45) is 4.99 Å². The second-order valence-electron chi connectivity index (χ2n) is 6.38. The molecule has 3 rings (SSSR count). The van der Waals surface area contributed by atoms with Crippen molar-refractivity contribution >= 4 is 29.9 Å². The van der Waals surface area contributed by atoms with E-state index in [1.165, 1.54) is 0 Å². The summed E-state index contributed by atoms with van der Waals surface area (Å²) in [5, 5.41) is 11.3. The maximum atomic E-state index is 5.60. The van der Waals surface area contributed by atoms with Crippen molar-refractivity contribution in [3.63, 3.8) is 0 Å². The molecule has 1 atom stereocenters. The fourth-order valence-corrected chi connectivity index (χ4v) is 2.94. The molecular formula is C17H28IN7O2. The van der Waals surface area contributed by atoms with E-state index in [1.807, 2.05) is 25.5 Å². The minimum atomic E-state index is 0. The van der Waals surface area contributed by atoms with E-state index in [4.69, 9.17) is 9.15 Å². The van der Waals surface area contributed by atoms with E-state index in [0.29, 0.717) is 19.0 Å². The zero-order valence-corrected chi connectivity index (χ0v) is 18.6. The fraction of sp³-hybridized carbons (Fsp3) is 0.647. The Morgan fingerprint density at radius 1 is 1.37 bits per heavy atom. The van der Waals surface area contributed by atoms with Gasteiger partial charge in [-0.25, -0.2) is 19.6 Å². The predicted molar refractivity (Wildman–Crippen MR) is 112 cm³/mol. The molecule has 0 aliphatic carbocycles.